The number of carbonyl (C=O) groups is 1. The molecule has 3 aromatic carbocycles. The van der Waals surface area contributed by atoms with Gasteiger partial charge >= 0.3 is 6.61 Å². The molecule has 1 aliphatic rings. The monoisotopic (exact) mass is 484 g/mol. The Bertz CT molecular complexity index is 1550. The fraction of sp³-hybridized carbons (Fsp3) is 0.172. The second-order valence-corrected chi connectivity index (χ2v) is 8.95. The number of pyridine rings is 1. The topological polar surface area (TPSA) is 55.6 Å². The molecule has 1 unspecified atom stereocenters. The second kappa shape index (κ2) is 9.07. The number of alkyl halides is 2. The number of halogens is 2. The highest BCUT2D eigenvalue weighted by molar-refractivity contribution is 6.08. The highest BCUT2D eigenvalue weighted by Crippen LogP contribution is 2.42. The Kier molecular flexibility index (Phi) is 5.60. The van der Waals surface area contributed by atoms with E-state index in [-0.39, 0.29) is 23.2 Å². The van der Waals surface area contributed by atoms with Gasteiger partial charge in [0.25, 0.3) is 0 Å². The van der Waals surface area contributed by atoms with Gasteiger partial charge in [-0.1, -0.05) is 60.7 Å². The van der Waals surface area contributed by atoms with E-state index in [1.54, 1.807) is 24.5 Å². The van der Waals surface area contributed by atoms with Crippen LogP contribution in [0.4, 0.5) is 8.78 Å². The van der Waals surface area contributed by atoms with E-state index in [1.165, 1.54) is 6.07 Å². The summed E-state index contributed by atoms with van der Waals surface area (Å²) in [6, 6.07) is 23.3. The minimum absolute atomic E-state index is 0.0281. The molecule has 1 aliphatic heterocycles. The van der Waals surface area contributed by atoms with Gasteiger partial charge < -0.3 is 14.1 Å². The van der Waals surface area contributed by atoms with Crippen molar-refractivity contribution in [3.8, 4) is 16.9 Å². The Morgan fingerprint density at radius 2 is 1.78 bits per heavy atom. The normalized spacial score (nSPS) is 15.9. The third-order valence-electron chi connectivity index (χ3n) is 6.72. The molecular weight excluding hydrogens is 462 g/mol. The zero-order valence-electron chi connectivity index (χ0n) is 19.2. The van der Waals surface area contributed by atoms with E-state index in [2.05, 4.69) is 29.2 Å². The molecule has 1 atom stereocenters. The largest absolute Gasteiger partial charge is 0.452 e. The second-order valence-electron chi connectivity index (χ2n) is 8.95. The standard InChI is InChI=1S/C29H22F2N2O3/c30-29(31)36-25-11-10-22(27-23-15-32-13-12-24(23)35-28(25)27)21-14-26(34)33(17-21)16-18-6-8-20(9-7-18)19-4-2-1-3-5-19/h1-13,15,21,29H,14,16-17H2. The van der Waals surface area contributed by atoms with Gasteiger partial charge in [-0.3, -0.25) is 9.78 Å². The molecule has 0 saturated carbocycles. The molecule has 5 aromatic rings. The maximum Gasteiger partial charge on any atom is 0.387 e. The van der Waals surface area contributed by atoms with Crippen LogP contribution in [0.1, 0.15) is 23.5 Å². The van der Waals surface area contributed by atoms with Crippen molar-refractivity contribution in [1.82, 2.24) is 9.88 Å². The minimum atomic E-state index is -2.97. The minimum Gasteiger partial charge on any atom is -0.452 e. The number of rotatable bonds is 6. The average Bonchev–Trinajstić information content (AvgIpc) is 3.46. The third kappa shape index (κ3) is 4.06. The summed E-state index contributed by atoms with van der Waals surface area (Å²) in [4.78, 5) is 19.0. The van der Waals surface area contributed by atoms with Crippen LogP contribution >= 0.6 is 0 Å². The molecule has 0 aliphatic carbocycles. The molecular formula is C29H22F2N2O3. The summed E-state index contributed by atoms with van der Waals surface area (Å²) in [6.45, 7) is -1.94. The van der Waals surface area contributed by atoms with Crippen molar-refractivity contribution in [1.29, 1.82) is 0 Å². The first-order valence-electron chi connectivity index (χ1n) is 11.7. The van der Waals surface area contributed by atoms with Crippen LogP contribution < -0.4 is 4.74 Å². The van der Waals surface area contributed by atoms with E-state index in [4.69, 9.17) is 9.15 Å². The third-order valence-corrected chi connectivity index (χ3v) is 6.72. The molecule has 0 radical (unpaired) electrons. The van der Waals surface area contributed by atoms with Gasteiger partial charge in [0.05, 0.1) is 0 Å². The van der Waals surface area contributed by atoms with Gasteiger partial charge in [-0.2, -0.15) is 8.78 Å². The molecule has 5 nitrogen and oxygen atoms in total. The van der Waals surface area contributed by atoms with Crippen molar-refractivity contribution in [2.24, 2.45) is 0 Å². The van der Waals surface area contributed by atoms with Crippen molar-refractivity contribution in [2.45, 2.75) is 25.5 Å². The first-order valence-corrected chi connectivity index (χ1v) is 11.7. The Balaban J connectivity index is 1.28. The number of hydrogen-bond donors (Lipinski definition) is 0. The molecule has 6 rings (SSSR count). The summed E-state index contributed by atoms with van der Waals surface area (Å²) < 4.78 is 36.6. The quantitative estimate of drug-likeness (QED) is 0.267. The van der Waals surface area contributed by atoms with Crippen LogP contribution in [0.2, 0.25) is 0 Å². The lowest BCUT2D eigenvalue weighted by Gasteiger charge is -2.18. The van der Waals surface area contributed by atoms with Crippen molar-refractivity contribution < 1.29 is 22.7 Å². The van der Waals surface area contributed by atoms with Crippen LogP contribution in [0.3, 0.4) is 0 Å². The summed E-state index contributed by atoms with van der Waals surface area (Å²) in [5, 5.41) is 1.38. The molecule has 0 bridgehead atoms. The zero-order chi connectivity index (χ0) is 24.6. The van der Waals surface area contributed by atoms with E-state index in [0.717, 1.165) is 22.3 Å². The van der Waals surface area contributed by atoms with E-state index >= 15 is 0 Å². The van der Waals surface area contributed by atoms with Gasteiger partial charge in [0.1, 0.15) is 5.58 Å². The summed E-state index contributed by atoms with van der Waals surface area (Å²) in [5.74, 6) is -0.0797. The molecule has 3 heterocycles. The number of likely N-dealkylation sites (tertiary alicyclic amines) is 1. The Labute approximate surface area is 205 Å². The number of aromatic nitrogens is 1. The van der Waals surface area contributed by atoms with Crippen LogP contribution in [-0.2, 0) is 11.3 Å². The van der Waals surface area contributed by atoms with Crippen molar-refractivity contribution in [2.75, 3.05) is 6.54 Å². The molecule has 2 aromatic heterocycles. The molecule has 0 spiro atoms. The number of carbonyl (C=O) groups excluding carboxylic acids is 1. The molecule has 7 heteroatoms. The summed E-state index contributed by atoms with van der Waals surface area (Å²) in [5.41, 5.74) is 4.97. The predicted octanol–water partition coefficient (Wildman–Crippen LogP) is 6.77. The first kappa shape index (κ1) is 22.2. The van der Waals surface area contributed by atoms with Crippen molar-refractivity contribution in [3.63, 3.8) is 0 Å². The molecule has 1 fully saturated rings. The number of furan rings is 1. The number of amides is 1. The van der Waals surface area contributed by atoms with E-state index in [0.29, 0.717) is 35.9 Å². The van der Waals surface area contributed by atoms with Gasteiger partial charge in [-0.15, -0.1) is 0 Å². The average molecular weight is 485 g/mol. The fourth-order valence-corrected chi connectivity index (χ4v) is 5.04. The maximum atomic E-state index is 13.0. The number of nitrogens with zero attached hydrogens (tertiary/aromatic N) is 2. The van der Waals surface area contributed by atoms with Gasteiger partial charge in [0.15, 0.2) is 11.3 Å². The van der Waals surface area contributed by atoms with Gasteiger partial charge in [0.2, 0.25) is 5.91 Å². The van der Waals surface area contributed by atoms with Crippen molar-refractivity contribution >= 4 is 27.8 Å². The number of fused-ring (bicyclic) bond motifs is 3. The van der Waals surface area contributed by atoms with Crippen molar-refractivity contribution in [3.05, 3.63) is 96.3 Å². The Hall–Kier alpha value is -4.26. The van der Waals surface area contributed by atoms with Crippen LogP contribution in [-0.4, -0.2) is 28.9 Å². The SMILES string of the molecule is O=C1CC(c2ccc(OC(F)F)c3oc4ccncc4c23)CN1Cc1ccc(-c2ccccc2)cc1. The maximum absolute atomic E-state index is 13.0. The van der Waals surface area contributed by atoms with Gasteiger partial charge in [-0.25, -0.2) is 0 Å². The molecule has 0 N–H and O–H groups in total. The lowest BCUT2D eigenvalue weighted by atomic mass is 9.93. The van der Waals surface area contributed by atoms with Crippen LogP contribution in [0, 0.1) is 0 Å². The fourth-order valence-electron chi connectivity index (χ4n) is 5.04. The van der Waals surface area contributed by atoms with E-state index in [9.17, 15) is 13.6 Å². The number of benzene rings is 3. The van der Waals surface area contributed by atoms with Gasteiger partial charge in [-0.05, 0) is 34.4 Å². The molecule has 36 heavy (non-hydrogen) atoms. The molecule has 180 valence electrons. The highest BCUT2D eigenvalue weighted by atomic mass is 19.3. The highest BCUT2D eigenvalue weighted by Gasteiger charge is 2.33. The van der Waals surface area contributed by atoms with Crippen LogP contribution in [0.25, 0.3) is 33.1 Å². The lowest BCUT2D eigenvalue weighted by molar-refractivity contribution is -0.128. The number of ether oxygens (including phenoxy) is 1. The number of hydrogen-bond acceptors (Lipinski definition) is 4. The Morgan fingerprint density at radius 1 is 1.00 bits per heavy atom. The smallest absolute Gasteiger partial charge is 0.387 e. The summed E-state index contributed by atoms with van der Waals surface area (Å²) in [7, 11) is 0. The zero-order valence-corrected chi connectivity index (χ0v) is 19.2. The van der Waals surface area contributed by atoms with E-state index < -0.39 is 6.61 Å². The molecule has 1 saturated heterocycles. The van der Waals surface area contributed by atoms with E-state index in [1.807, 2.05) is 35.2 Å². The van der Waals surface area contributed by atoms with Gasteiger partial charge in [0, 0.05) is 48.6 Å². The summed E-state index contributed by atoms with van der Waals surface area (Å²) >= 11 is 0. The first-order chi connectivity index (χ1) is 17.6. The summed E-state index contributed by atoms with van der Waals surface area (Å²) in [6.07, 6.45) is 3.57. The molecule has 1 amide bonds. The lowest BCUT2D eigenvalue weighted by Crippen LogP contribution is -2.24. The van der Waals surface area contributed by atoms with Crippen LogP contribution in [0.15, 0.2) is 89.6 Å². The van der Waals surface area contributed by atoms with Crippen LogP contribution in [0.5, 0.6) is 5.75 Å². The predicted molar refractivity (Wildman–Crippen MR) is 133 cm³/mol. The Morgan fingerprint density at radius 3 is 2.56 bits per heavy atom.